The average molecular weight is 642 g/mol. The van der Waals surface area contributed by atoms with Gasteiger partial charge in [0.1, 0.15) is 5.65 Å². The third kappa shape index (κ3) is 6.01. The van der Waals surface area contributed by atoms with Crippen LogP contribution in [0, 0.1) is 13.8 Å². The summed E-state index contributed by atoms with van der Waals surface area (Å²) in [5.74, 6) is 0.482. The second kappa shape index (κ2) is 13.3. The Morgan fingerprint density at radius 3 is 2.54 bits per heavy atom. The molecule has 0 bridgehead atoms. The number of ether oxygens (including phenoxy) is 1. The lowest BCUT2D eigenvalue weighted by Gasteiger charge is -2.43. The normalized spacial score (nSPS) is 19.8. The van der Waals surface area contributed by atoms with Gasteiger partial charge < -0.3 is 19.9 Å². The van der Waals surface area contributed by atoms with E-state index in [2.05, 4.69) is 52.1 Å². The molecule has 3 aliphatic rings. The highest BCUT2D eigenvalue weighted by Crippen LogP contribution is 2.34. The number of likely N-dealkylation sites (tertiary alicyclic amines) is 1. The van der Waals surface area contributed by atoms with Crippen LogP contribution in [0.5, 0.6) is 0 Å². The maximum absolute atomic E-state index is 14.5. The molecule has 1 atom stereocenters. The Bertz CT molecular complexity index is 1780. The summed E-state index contributed by atoms with van der Waals surface area (Å²) in [4.78, 5) is 31.8. The number of aryl methyl sites for hydroxylation is 2. The molecular weight excluding hydrogens is 598 g/mol. The number of nitrogens with one attached hydrogen (secondary N) is 1. The van der Waals surface area contributed by atoms with E-state index in [-0.39, 0.29) is 11.6 Å². The minimum Gasteiger partial charge on any atom is -0.378 e. The number of fused-ring (bicyclic) bond motifs is 1. The number of piperidine rings is 1. The van der Waals surface area contributed by atoms with Crippen molar-refractivity contribution in [2.75, 3.05) is 69.2 Å². The number of benzene rings is 2. The van der Waals surface area contributed by atoms with E-state index in [9.17, 15) is 4.79 Å². The van der Waals surface area contributed by atoms with Gasteiger partial charge in [0.05, 0.1) is 30.9 Å². The van der Waals surface area contributed by atoms with E-state index in [0.717, 1.165) is 100 Å². The molecule has 0 spiro atoms. The molecule has 46 heavy (non-hydrogen) atoms. The van der Waals surface area contributed by atoms with E-state index >= 15 is 0 Å². The van der Waals surface area contributed by atoms with Gasteiger partial charge in [0, 0.05) is 66.3 Å². The van der Waals surface area contributed by atoms with Gasteiger partial charge in [-0.3, -0.25) is 14.3 Å². The lowest BCUT2D eigenvalue weighted by Crippen LogP contribution is -2.56. The fraction of sp³-hybridized carbons (Fsp3) is 0.472. The molecule has 242 valence electrons. The smallest absolute Gasteiger partial charge is 0.260 e. The maximum atomic E-state index is 14.5. The summed E-state index contributed by atoms with van der Waals surface area (Å²) in [5, 5.41) is 4.88. The second-order valence-electron chi connectivity index (χ2n) is 13.0. The Morgan fingerprint density at radius 2 is 1.83 bits per heavy atom. The fourth-order valence-electron chi connectivity index (χ4n) is 7.45. The van der Waals surface area contributed by atoms with Gasteiger partial charge in [0.15, 0.2) is 0 Å². The van der Waals surface area contributed by atoms with E-state index in [1.165, 1.54) is 11.3 Å². The van der Waals surface area contributed by atoms with Gasteiger partial charge in [-0.15, -0.1) is 0 Å². The van der Waals surface area contributed by atoms with E-state index in [1.807, 2.05) is 42.0 Å². The van der Waals surface area contributed by atoms with Crippen LogP contribution < -0.4 is 15.8 Å². The summed E-state index contributed by atoms with van der Waals surface area (Å²) in [6, 6.07) is 14.7. The predicted octanol–water partition coefficient (Wildman–Crippen LogP) is 6.04. The minimum atomic E-state index is -0.0452. The molecule has 2 aromatic heterocycles. The van der Waals surface area contributed by atoms with Crippen molar-refractivity contribution in [3.63, 3.8) is 0 Å². The molecule has 3 saturated heterocycles. The zero-order valence-corrected chi connectivity index (χ0v) is 27.9. The van der Waals surface area contributed by atoms with Crippen LogP contribution >= 0.6 is 11.6 Å². The summed E-state index contributed by atoms with van der Waals surface area (Å²) >= 11 is 6.67. The summed E-state index contributed by atoms with van der Waals surface area (Å²) in [7, 11) is 0. The molecule has 0 amide bonds. The Hall–Kier alpha value is -3.50. The largest absolute Gasteiger partial charge is 0.378 e. The third-order valence-electron chi connectivity index (χ3n) is 9.98. The van der Waals surface area contributed by atoms with Gasteiger partial charge in [0.25, 0.3) is 5.56 Å². The highest BCUT2D eigenvalue weighted by atomic mass is 35.5. The number of pyridine rings is 1. The van der Waals surface area contributed by atoms with Crippen molar-refractivity contribution in [3.8, 4) is 11.1 Å². The topological polar surface area (TPSA) is 78.8 Å². The SMILES string of the molecule is CCCN1CCC[C@H](n2c(=O)c(-c3ccccc3Cl)c(C)c3cnc(Nc4ccc(N5CCN(C6COC6)CC5)c(C)c4)nc32)C1. The standard InChI is InChI=1S/C36H44ClN7O2/c1-4-13-41-14-7-8-27(21-41)44-34-30(25(3)33(35(44)45)29-9-5-6-10-31(29)37)20-38-36(40-34)39-26-11-12-32(24(2)19-26)43-17-15-42(16-18-43)28-22-46-23-28/h5-6,9-12,19-20,27-28H,4,7-8,13-18,21-23H2,1-3H3,(H,38,39,40)/t27-/m0/s1. The van der Waals surface area contributed by atoms with E-state index in [1.54, 1.807) is 0 Å². The van der Waals surface area contributed by atoms with Crippen LogP contribution in [0.2, 0.25) is 5.02 Å². The van der Waals surface area contributed by atoms with Crippen molar-refractivity contribution in [2.45, 2.75) is 52.1 Å². The molecule has 10 heteroatoms. The van der Waals surface area contributed by atoms with Gasteiger partial charge in [-0.2, -0.15) is 4.98 Å². The quantitative estimate of drug-likeness (QED) is 0.250. The van der Waals surface area contributed by atoms with E-state index < -0.39 is 0 Å². The van der Waals surface area contributed by atoms with Crippen molar-refractivity contribution in [3.05, 3.63) is 75.2 Å². The van der Waals surface area contributed by atoms with Gasteiger partial charge in [0.2, 0.25) is 5.95 Å². The highest BCUT2D eigenvalue weighted by molar-refractivity contribution is 6.33. The van der Waals surface area contributed by atoms with Crippen LogP contribution in [0.4, 0.5) is 17.3 Å². The summed E-state index contributed by atoms with van der Waals surface area (Å²) < 4.78 is 7.33. The number of nitrogens with zero attached hydrogens (tertiary/aromatic N) is 6. The average Bonchev–Trinajstić information content (AvgIpc) is 3.02. The van der Waals surface area contributed by atoms with Crippen LogP contribution in [0.15, 0.2) is 53.5 Å². The van der Waals surface area contributed by atoms with Gasteiger partial charge in [-0.1, -0.05) is 36.7 Å². The first-order valence-electron chi connectivity index (χ1n) is 16.7. The second-order valence-corrected chi connectivity index (χ2v) is 13.4. The van der Waals surface area contributed by atoms with Crippen molar-refractivity contribution >= 4 is 40.0 Å². The zero-order valence-electron chi connectivity index (χ0n) is 27.1. The number of hydrogen-bond acceptors (Lipinski definition) is 8. The lowest BCUT2D eigenvalue weighted by molar-refractivity contribution is -0.0660. The van der Waals surface area contributed by atoms with Crippen molar-refractivity contribution in [2.24, 2.45) is 0 Å². The molecule has 7 rings (SSSR count). The number of halogens is 1. The Balaban J connectivity index is 1.21. The van der Waals surface area contributed by atoms with Gasteiger partial charge >= 0.3 is 0 Å². The Labute approximate surface area is 276 Å². The Morgan fingerprint density at radius 1 is 1.02 bits per heavy atom. The summed E-state index contributed by atoms with van der Waals surface area (Å²) in [6.07, 6.45) is 4.91. The molecule has 5 heterocycles. The third-order valence-corrected chi connectivity index (χ3v) is 10.3. The monoisotopic (exact) mass is 641 g/mol. The molecule has 1 N–H and O–H groups in total. The molecule has 2 aromatic carbocycles. The van der Waals surface area contributed by atoms with Gasteiger partial charge in [-0.25, -0.2) is 4.98 Å². The van der Waals surface area contributed by atoms with Crippen molar-refractivity contribution in [1.29, 1.82) is 0 Å². The van der Waals surface area contributed by atoms with E-state index in [0.29, 0.717) is 28.2 Å². The first-order valence-corrected chi connectivity index (χ1v) is 17.1. The van der Waals surface area contributed by atoms with Crippen LogP contribution in [0.3, 0.4) is 0 Å². The minimum absolute atomic E-state index is 0.0127. The highest BCUT2D eigenvalue weighted by Gasteiger charge is 2.30. The molecule has 0 saturated carbocycles. The molecule has 3 aliphatic heterocycles. The number of rotatable bonds is 8. The first kappa shape index (κ1) is 31.1. The summed E-state index contributed by atoms with van der Waals surface area (Å²) in [6.45, 7) is 15.1. The molecule has 9 nitrogen and oxygen atoms in total. The number of aromatic nitrogens is 3. The first-order chi connectivity index (χ1) is 22.4. The molecule has 0 aliphatic carbocycles. The van der Waals surface area contributed by atoms with Crippen LogP contribution in [-0.2, 0) is 4.74 Å². The van der Waals surface area contributed by atoms with Crippen molar-refractivity contribution < 1.29 is 4.74 Å². The van der Waals surface area contributed by atoms with Crippen LogP contribution in [0.1, 0.15) is 43.4 Å². The van der Waals surface area contributed by atoms with Crippen LogP contribution in [0.25, 0.3) is 22.2 Å². The fourth-order valence-corrected chi connectivity index (χ4v) is 7.68. The number of piperazine rings is 1. The predicted molar refractivity (Wildman–Crippen MR) is 187 cm³/mol. The molecule has 3 fully saturated rings. The molecule has 4 aromatic rings. The molecular formula is C36H44ClN7O2. The molecule has 0 unspecified atom stereocenters. The van der Waals surface area contributed by atoms with E-state index in [4.69, 9.17) is 26.3 Å². The summed E-state index contributed by atoms with van der Waals surface area (Å²) in [5.41, 5.74) is 6.25. The van der Waals surface area contributed by atoms with Gasteiger partial charge in [-0.05, 0) is 81.6 Å². The maximum Gasteiger partial charge on any atom is 0.260 e. The lowest BCUT2D eigenvalue weighted by atomic mass is 9.98. The van der Waals surface area contributed by atoms with Crippen LogP contribution in [-0.4, -0.2) is 89.4 Å². The Kier molecular flexibility index (Phi) is 9.01. The zero-order chi connectivity index (χ0) is 31.8. The van der Waals surface area contributed by atoms with Crippen molar-refractivity contribution in [1.82, 2.24) is 24.3 Å². The number of hydrogen-bond donors (Lipinski definition) is 1. The molecule has 0 radical (unpaired) electrons. The number of anilines is 3.